The maximum Gasteiger partial charge on any atom is 0.188 e. The van der Waals surface area contributed by atoms with Crippen molar-refractivity contribution in [3.05, 3.63) is 12.3 Å². The summed E-state index contributed by atoms with van der Waals surface area (Å²) >= 11 is 0. The van der Waals surface area contributed by atoms with E-state index in [0.717, 1.165) is 51.9 Å². The molecular weight excluding hydrogens is 316 g/mol. The van der Waals surface area contributed by atoms with E-state index in [9.17, 15) is 0 Å². The van der Waals surface area contributed by atoms with Gasteiger partial charge in [-0.05, 0) is 31.8 Å². The number of hydrogen-bond acceptors (Lipinski definition) is 4. The summed E-state index contributed by atoms with van der Waals surface area (Å²) in [7, 11) is 0. The molecule has 0 aliphatic heterocycles. The SMILES string of the molecule is CCCCCCOC(CCC=COCOCCC)OCCCCCC. The molecule has 0 bridgehead atoms. The zero-order valence-electron chi connectivity index (χ0n) is 17.0. The Kier molecular flexibility index (Phi) is 21.0. The molecule has 0 amide bonds. The predicted octanol–water partition coefficient (Wildman–Crippen LogP) is 6.20. The summed E-state index contributed by atoms with van der Waals surface area (Å²) in [6, 6.07) is 0. The molecule has 0 saturated heterocycles. The van der Waals surface area contributed by atoms with Crippen LogP contribution in [-0.2, 0) is 18.9 Å². The van der Waals surface area contributed by atoms with Gasteiger partial charge in [0, 0.05) is 19.6 Å². The van der Waals surface area contributed by atoms with E-state index in [1.165, 1.54) is 38.5 Å². The van der Waals surface area contributed by atoms with Gasteiger partial charge in [0.1, 0.15) is 0 Å². The zero-order chi connectivity index (χ0) is 18.4. The van der Waals surface area contributed by atoms with Crippen LogP contribution in [0.2, 0.25) is 0 Å². The molecular formula is C21H42O4. The second-order valence-electron chi connectivity index (χ2n) is 6.43. The van der Waals surface area contributed by atoms with Crippen LogP contribution in [0.5, 0.6) is 0 Å². The minimum Gasteiger partial charge on any atom is -0.475 e. The van der Waals surface area contributed by atoms with E-state index in [-0.39, 0.29) is 6.29 Å². The molecule has 0 aromatic carbocycles. The van der Waals surface area contributed by atoms with Crippen LogP contribution in [0.15, 0.2) is 12.3 Å². The summed E-state index contributed by atoms with van der Waals surface area (Å²) < 4.78 is 22.4. The molecule has 0 aromatic rings. The number of hydrogen-bond donors (Lipinski definition) is 0. The molecule has 0 unspecified atom stereocenters. The number of rotatable bonds is 20. The standard InChI is InChI=1S/C21H42O4/c1-4-7-9-12-18-24-21(25-19-13-10-8-5-2)15-11-14-17-23-20-22-16-6-3/h14,17,21H,4-13,15-16,18-20H2,1-3H3. The van der Waals surface area contributed by atoms with E-state index in [0.29, 0.717) is 6.79 Å². The summed E-state index contributed by atoms with van der Waals surface area (Å²) in [6.45, 7) is 9.20. The van der Waals surface area contributed by atoms with Crippen LogP contribution in [0, 0.1) is 0 Å². The average molecular weight is 359 g/mol. The largest absolute Gasteiger partial charge is 0.475 e. The Hall–Kier alpha value is -0.580. The van der Waals surface area contributed by atoms with Crippen LogP contribution in [0.1, 0.15) is 91.4 Å². The van der Waals surface area contributed by atoms with Gasteiger partial charge >= 0.3 is 0 Å². The summed E-state index contributed by atoms with van der Waals surface area (Å²) in [6.07, 6.45) is 16.2. The normalized spacial score (nSPS) is 11.7. The average Bonchev–Trinajstić information content (AvgIpc) is 2.62. The monoisotopic (exact) mass is 358 g/mol. The summed E-state index contributed by atoms with van der Waals surface area (Å²) in [5.41, 5.74) is 0. The second-order valence-corrected chi connectivity index (χ2v) is 6.43. The smallest absolute Gasteiger partial charge is 0.188 e. The van der Waals surface area contributed by atoms with Gasteiger partial charge in [-0.3, -0.25) is 0 Å². The van der Waals surface area contributed by atoms with Crippen LogP contribution in [0.4, 0.5) is 0 Å². The first-order valence-electron chi connectivity index (χ1n) is 10.4. The molecule has 0 N–H and O–H groups in total. The summed E-state index contributed by atoms with van der Waals surface area (Å²) in [5, 5.41) is 0. The fourth-order valence-corrected chi connectivity index (χ4v) is 2.36. The van der Waals surface area contributed by atoms with E-state index in [4.69, 9.17) is 18.9 Å². The van der Waals surface area contributed by atoms with Gasteiger partial charge in [0.05, 0.1) is 12.9 Å². The van der Waals surface area contributed by atoms with Crippen LogP contribution in [0.3, 0.4) is 0 Å². The first kappa shape index (κ1) is 24.4. The van der Waals surface area contributed by atoms with E-state index in [1.807, 2.05) is 6.08 Å². The highest BCUT2D eigenvalue weighted by Gasteiger charge is 2.08. The first-order valence-corrected chi connectivity index (χ1v) is 10.4. The topological polar surface area (TPSA) is 36.9 Å². The van der Waals surface area contributed by atoms with Crippen molar-refractivity contribution in [3.8, 4) is 0 Å². The summed E-state index contributed by atoms with van der Waals surface area (Å²) in [4.78, 5) is 0. The van der Waals surface area contributed by atoms with Gasteiger partial charge in [-0.15, -0.1) is 0 Å². The van der Waals surface area contributed by atoms with E-state index < -0.39 is 0 Å². The Morgan fingerprint density at radius 2 is 1.36 bits per heavy atom. The van der Waals surface area contributed by atoms with Crippen molar-refractivity contribution in [2.75, 3.05) is 26.6 Å². The lowest BCUT2D eigenvalue weighted by molar-refractivity contribution is -0.146. The molecule has 0 spiro atoms. The highest BCUT2D eigenvalue weighted by Crippen LogP contribution is 2.10. The lowest BCUT2D eigenvalue weighted by Crippen LogP contribution is -2.18. The molecule has 0 aliphatic carbocycles. The Morgan fingerprint density at radius 1 is 0.720 bits per heavy atom. The first-order chi connectivity index (χ1) is 12.3. The van der Waals surface area contributed by atoms with Gasteiger partial charge in [-0.1, -0.05) is 59.3 Å². The minimum absolute atomic E-state index is 0.0933. The Balaban J connectivity index is 3.83. The van der Waals surface area contributed by atoms with Crippen molar-refractivity contribution in [2.24, 2.45) is 0 Å². The molecule has 4 nitrogen and oxygen atoms in total. The molecule has 0 heterocycles. The second kappa shape index (κ2) is 21.5. The van der Waals surface area contributed by atoms with Gasteiger partial charge < -0.3 is 18.9 Å². The third-order valence-electron chi connectivity index (χ3n) is 3.86. The number of unbranched alkanes of at least 4 members (excludes halogenated alkanes) is 6. The van der Waals surface area contributed by atoms with Crippen molar-refractivity contribution in [1.29, 1.82) is 0 Å². The molecule has 25 heavy (non-hydrogen) atoms. The van der Waals surface area contributed by atoms with Gasteiger partial charge in [0.25, 0.3) is 0 Å². The predicted molar refractivity (Wildman–Crippen MR) is 105 cm³/mol. The molecule has 0 saturated carbocycles. The van der Waals surface area contributed by atoms with Crippen molar-refractivity contribution < 1.29 is 18.9 Å². The van der Waals surface area contributed by atoms with Crippen molar-refractivity contribution in [1.82, 2.24) is 0 Å². The molecule has 0 fully saturated rings. The van der Waals surface area contributed by atoms with Gasteiger partial charge in [-0.2, -0.15) is 0 Å². The van der Waals surface area contributed by atoms with E-state index in [2.05, 4.69) is 20.8 Å². The Labute approximate surface area is 156 Å². The number of allylic oxidation sites excluding steroid dienone is 1. The maximum absolute atomic E-state index is 5.93. The quantitative estimate of drug-likeness (QED) is 0.147. The summed E-state index contributed by atoms with van der Waals surface area (Å²) in [5.74, 6) is 0. The fourth-order valence-electron chi connectivity index (χ4n) is 2.36. The third kappa shape index (κ3) is 19.6. The zero-order valence-corrected chi connectivity index (χ0v) is 17.0. The highest BCUT2D eigenvalue weighted by atomic mass is 16.7. The maximum atomic E-state index is 5.93. The van der Waals surface area contributed by atoms with Crippen molar-refractivity contribution in [2.45, 2.75) is 97.7 Å². The van der Waals surface area contributed by atoms with Gasteiger partial charge in [0.2, 0.25) is 0 Å². The third-order valence-corrected chi connectivity index (χ3v) is 3.86. The lowest BCUT2D eigenvalue weighted by Gasteiger charge is -2.18. The van der Waals surface area contributed by atoms with Crippen LogP contribution < -0.4 is 0 Å². The van der Waals surface area contributed by atoms with E-state index in [1.54, 1.807) is 6.26 Å². The van der Waals surface area contributed by atoms with Crippen LogP contribution in [-0.4, -0.2) is 32.9 Å². The van der Waals surface area contributed by atoms with Crippen LogP contribution in [0.25, 0.3) is 0 Å². The van der Waals surface area contributed by atoms with E-state index >= 15 is 0 Å². The van der Waals surface area contributed by atoms with Crippen molar-refractivity contribution >= 4 is 0 Å². The molecule has 0 aliphatic rings. The fraction of sp³-hybridized carbons (Fsp3) is 0.905. The van der Waals surface area contributed by atoms with Crippen molar-refractivity contribution in [3.63, 3.8) is 0 Å². The molecule has 0 rings (SSSR count). The Morgan fingerprint density at radius 3 is 1.92 bits per heavy atom. The lowest BCUT2D eigenvalue weighted by atomic mass is 10.2. The molecule has 0 aromatic heterocycles. The highest BCUT2D eigenvalue weighted by molar-refractivity contribution is 4.73. The molecule has 150 valence electrons. The molecule has 4 heteroatoms. The number of ether oxygens (including phenoxy) is 4. The minimum atomic E-state index is -0.0933. The molecule has 0 radical (unpaired) electrons. The Bertz CT molecular complexity index is 255. The van der Waals surface area contributed by atoms with Crippen LogP contribution >= 0.6 is 0 Å². The molecule has 0 atom stereocenters. The van der Waals surface area contributed by atoms with Gasteiger partial charge in [-0.25, -0.2) is 0 Å². The van der Waals surface area contributed by atoms with Gasteiger partial charge in [0.15, 0.2) is 13.1 Å².